The van der Waals surface area contributed by atoms with Crippen molar-refractivity contribution in [2.75, 3.05) is 6.54 Å². The van der Waals surface area contributed by atoms with Crippen LogP contribution in [0.4, 0.5) is 0 Å². The fourth-order valence-electron chi connectivity index (χ4n) is 1.32. The third-order valence-electron chi connectivity index (χ3n) is 1.80. The molecular formula is C6H11NO. The molecule has 0 aliphatic heterocycles. The molecule has 0 bridgehead atoms. The SMILES string of the molecule is CC1CC(CN=O)C1. The number of hydrogen-bond acceptors (Lipinski definition) is 2. The summed E-state index contributed by atoms with van der Waals surface area (Å²) in [6.07, 6.45) is 2.43. The van der Waals surface area contributed by atoms with Gasteiger partial charge in [0.15, 0.2) is 0 Å². The van der Waals surface area contributed by atoms with Gasteiger partial charge in [-0.25, -0.2) is 0 Å². The lowest BCUT2D eigenvalue weighted by Crippen LogP contribution is -2.22. The summed E-state index contributed by atoms with van der Waals surface area (Å²) in [6.45, 7) is 2.76. The zero-order valence-electron chi connectivity index (χ0n) is 5.13. The van der Waals surface area contributed by atoms with Gasteiger partial charge in [-0.3, -0.25) is 0 Å². The molecule has 1 aliphatic rings. The van der Waals surface area contributed by atoms with E-state index in [2.05, 4.69) is 12.1 Å². The molecule has 0 saturated heterocycles. The number of nitroso groups, excluding NO2 is 1. The lowest BCUT2D eigenvalue weighted by Gasteiger charge is -2.30. The van der Waals surface area contributed by atoms with Gasteiger partial charge in [0.05, 0.1) is 6.54 Å². The van der Waals surface area contributed by atoms with Gasteiger partial charge in [-0.15, -0.1) is 0 Å². The van der Waals surface area contributed by atoms with Crippen LogP contribution in [0.3, 0.4) is 0 Å². The first-order valence-electron chi connectivity index (χ1n) is 3.12. The molecule has 0 atom stereocenters. The average Bonchev–Trinajstić information content (AvgIpc) is 1.64. The standard InChI is InChI=1S/C6H11NO/c1-5-2-6(3-5)4-7-8/h5-6H,2-4H2,1H3. The average molecular weight is 113 g/mol. The summed E-state index contributed by atoms with van der Waals surface area (Å²) in [5.41, 5.74) is 0. The lowest BCUT2D eigenvalue weighted by molar-refractivity contribution is 0.220. The molecule has 0 N–H and O–H groups in total. The molecule has 1 rings (SSSR count). The highest BCUT2D eigenvalue weighted by molar-refractivity contribution is 4.77. The van der Waals surface area contributed by atoms with E-state index in [0.29, 0.717) is 12.5 Å². The Bertz CT molecular complexity index is 86.5. The van der Waals surface area contributed by atoms with E-state index in [1.54, 1.807) is 0 Å². The first-order valence-corrected chi connectivity index (χ1v) is 3.12. The van der Waals surface area contributed by atoms with E-state index in [1.165, 1.54) is 12.8 Å². The number of nitrogens with zero attached hydrogens (tertiary/aromatic N) is 1. The van der Waals surface area contributed by atoms with Crippen molar-refractivity contribution in [3.05, 3.63) is 4.91 Å². The Morgan fingerprint density at radius 2 is 2.25 bits per heavy atom. The van der Waals surface area contributed by atoms with Crippen LogP contribution >= 0.6 is 0 Å². The van der Waals surface area contributed by atoms with Gasteiger partial charge in [0.25, 0.3) is 0 Å². The maximum Gasteiger partial charge on any atom is 0.0839 e. The van der Waals surface area contributed by atoms with Gasteiger partial charge in [-0.2, -0.15) is 4.91 Å². The molecular weight excluding hydrogens is 102 g/mol. The molecule has 0 aromatic rings. The molecule has 2 nitrogen and oxygen atoms in total. The molecule has 0 amide bonds. The minimum absolute atomic E-state index is 0.546. The number of hydrogen-bond donors (Lipinski definition) is 0. The van der Waals surface area contributed by atoms with E-state index < -0.39 is 0 Å². The van der Waals surface area contributed by atoms with E-state index in [9.17, 15) is 4.91 Å². The van der Waals surface area contributed by atoms with Gasteiger partial charge in [-0.1, -0.05) is 12.1 Å². The highest BCUT2D eigenvalue weighted by Crippen LogP contribution is 2.32. The van der Waals surface area contributed by atoms with Crippen molar-refractivity contribution in [2.24, 2.45) is 17.0 Å². The summed E-state index contributed by atoms with van der Waals surface area (Å²) >= 11 is 0. The molecule has 0 unspecified atom stereocenters. The lowest BCUT2D eigenvalue weighted by atomic mass is 9.76. The van der Waals surface area contributed by atoms with Crippen LogP contribution in [0.2, 0.25) is 0 Å². The van der Waals surface area contributed by atoms with Crippen molar-refractivity contribution in [1.29, 1.82) is 0 Å². The molecule has 46 valence electrons. The van der Waals surface area contributed by atoms with Gasteiger partial charge in [-0.05, 0) is 24.7 Å². The maximum atomic E-state index is 9.66. The van der Waals surface area contributed by atoms with Crippen LogP contribution in [0, 0.1) is 16.7 Å². The normalized spacial score (nSPS) is 36.1. The molecule has 0 aromatic carbocycles. The fraction of sp³-hybridized carbons (Fsp3) is 1.00. The minimum atomic E-state index is 0.546. The molecule has 0 radical (unpaired) electrons. The van der Waals surface area contributed by atoms with Gasteiger partial charge < -0.3 is 0 Å². The Kier molecular flexibility index (Phi) is 1.61. The Labute approximate surface area is 49.3 Å². The summed E-state index contributed by atoms with van der Waals surface area (Å²) < 4.78 is 0. The summed E-state index contributed by atoms with van der Waals surface area (Å²) in [6, 6.07) is 0. The second-order valence-electron chi connectivity index (χ2n) is 2.75. The van der Waals surface area contributed by atoms with Gasteiger partial charge >= 0.3 is 0 Å². The second kappa shape index (κ2) is 2.25. The van der Waals surface area contributed by atoms with Crippen molar-refractivity contribution in [1.82, 2.24) is 0 Å². The Hall–Kier alpha value is -0.400. The molecule has 0 spiro atoms. The van der Waals surface area contributed by atoms with Crippen molar-refractivity contribution < 1.29 is 0 Å². The highest BCUT2D eigenvalue weighted by Gasteiger charge is 2.24. The van der Waals surface area contributed by atoms with Crippen LogP contribution in [-0.4, -0.2) is 6.54 Å². The molecule has 1 fully saturated rings. The summed E-state index contributed by atoms with van der Waals surface area (Å²) in [5.74, 6) is 1.48. The summed E-state index contributed by atoms with van der Waals surface area (Å²) in [4.78, 5) is 9.66. The Morgan fingerprint density at radius 1 is 1.62 bits per heavy atom. The van der Waals surface area contributed by atoms with Gasteiger partial charge in [0, 0.05) is 0 Å². The largest absolute Gasteiger partial charge is 0.151 e. The number of rotatable bonds is 2. The fourth-order valence-corrected chi connectivity index (χ4v) is 1.32. The zero-order chi connectivity index (χ0) is 5.98. The van der Waals surface area contributed by atoms with E-state index in [-0.39, 0.29) is 0 Å². The topological polar surface area (TPSA) is 29.4 Å². The molecule has 8 heavy (non-hydrogen) atoms. The first kappa shape index (κ1) is 5.73. The van der Waals surface area contributed by atoms with Crippen molar-refractivity contribution in [3.63, 3.8) is 0 Å². The molecule has 0 heterocycles. The third-order valence-corrected chi connectivity index (χ3v) is 1.80. The predicted molar refractivity (Wildman–Crippen MR) is 32.5 cm³/mol. The third kappa shape index (κ3) is 1.05. The maximum absolute atomic E-state index is 9.66. The Balaban J connectivity index is 2.06. The van der Waals surface area contributed by atoms with Crippen LogP contribution in [0.5, 0.6) is 0 Å². The quantitative estimate of drug-likeness (QED) is 0.502. The van der Waals surface area contributed by atoms with E-state index in [0.717, 1.165) is 5.92 Å². The highest BCUT2D eigenvalue weighted by atomic mass is 16.3. The Morgan fingerprint density at radius 3 is 2.62 bits per heavy atom. The molecule has 1 aliphatic carbocycles. The van der Waals surface area contributed by atoms with Crippen LogP contribution < -0.4 is 0 Å². The van der Waals surface area contributed by atoms with Crippen LogP contribution in [0.25, 0.3) is 0 Å². The van der Waals surface area contributed by atoms with Crippen LogP contribution in [-0.2, 0) is 0 Å². The monoisotopic (exact) mass is 113 g/mol. The van der Waals surface area contributed by atoms with Crippen LogP contribution in [0.1, 0.15) is 19.8 Å². The van der Waals surface area contributed by atoms with E-state index in [1.807, 2.05) is 0 Å². The van der Waals surface area contributed by atoms with E-state index >= 15 is 0 Å². The predicted octanol–water partition coefficient (Wildman–Crippen LogP) is 1.80. The molecule has 0 aromatic heterocycles. The second-order valence-corrected chi connectivity index (χ2v) is 2.75. The molecule has 2 heteroatoms. The summed E-state index contributed by atoms with van der Waals surface area (Å²) in [7, 11) is 0. The molecule has 1 saturated carbocycles. The van der Waals surface area contributed by atoms with E-state index in [4.69, 9.17) is 0 Å². The smallest absolute Gasteiger partial charge is 0.0839 e. The van der Waals surface area contributed by atoms with Crippen molar-refractivity contribution in [3.8, 4) is 0 Å². The van der Waals surface area contributed by atoms with Crippen LogP contribution in [0.15, 0.2) is 5.18 Å². The summed E-state index contributed by atoms with van der Waals surface area (Å²) in [5, 5.41) is 2.84. The van der Waals surface area contributed by atoms with Gasteiger partial charge in [0.1, 0.15) is 0 Å². The van der Waals surface area contributed by atoms with Gasteiger partial charge in [0.2, 0.25) is 0 Å². The van der Waals surface area contributed by atoms with Crippen molar-refractivity contribution >= 4 is 0 Å². The first-order chi connectivity index (χ1) is 3.83. The van der Waals surface area contributed by atoms with Crippen molar-refractivity contribution in [2.45, 2.75) is 19.8 Å². The minimum Gasteiger partial charge on any atom is -0.151 e. The zero-order valence-corrected chi connectivity index (χ0v) is 5.13.